The molecule has 4 aromatic rings. The van der Waals surface area contributed by atoms with Gasteiger partial charge in [0.1, 0.15) is 16.7 Å². The van der Waals surface area contributed by atoms with Crippen LogP contribution in [0.5, 0.6) is 0 Å². The molecule has 0 saturated heterocycles. The third-order valence-corrected chi connectivity index (χ3v) is 6.86. The van der Waals surface area contributed by atoms with Crippen molar-refractivity contribution in [3.8, 4) is 0 Å². The Morgan fingerprint density at radius 2 is 1.94 bits per heavy atom. The second-order valence-electron chi connectivity index (χ2n) is 7.17. The van der Waals surface area contributed by atoms with Gasteiger partial charge in [-0.3, -0.25) is 9.59 Å². The van der Waals surface area contributed by atoms with E-state index in [-0.39, 0.29) is 10.6 Å². The third kappa shape index (κ3) is 4.56. The van der Waals surface area contributed by atoms with Gasteiger partial charge in [0.15, 0.2) is 12.4 Å². The van der Waals surface area contributed by atoms with Gasteiger partial charge in [0.2, 0.25) is 0 Å². The summed E-state index contributed by atoms with van der Waals surface area (Å²) in [5, 5.41) is 10.8. The van der Waals surface area contributed by atoms with E-state index in [4.69, 9.17) is 13.6 Å². The van der Waals surface area contributed by atoms with Crippen LogP contribution < -0.4 is 5.32 Å². The Morgan fingerprint density at radius 3 is 2.68 bits per heavy atom. The maximum atomic E-state index is 12.9. The molecule has 0 bridgehead atoms. The molecule has 5 heterocycles. The Morgan fingerprint density at radius 1 is 1.09 bits per heavy atom. The molecule has 11 heteroatoms. The first kappa shape index (κ1) is 21.9. The fourth-order valence-electron chi connectivity index (χ4n) is 3.39. The number of ether oxygens (including phenoxy) is 1. The van der Waals surface area contributed by atoms with Crippen LogP contribution in [0.3, 0.4) is 0 Å². The summed E-state index contributed by atoms with van der Waals surface area (Å²) >= 11 is 2.57. The molecule has 2 amide bonds. The van der Waals surface area contributed by atoms with Gasteiger partial charge in [0, 0.05) is 6.42 Å². The Hall–Kier alpha value is -3.96. The van der Waals surface area contributed by atoms with E-state index < -0.39 is 30.4 Å². The van der Waals surface area contributed by atoms with Gasteiger partial charge >= 0.3 is 5.97 Å². The largest absolute Gasteiger partial charge is 0.467 e. The van der Waals surface area contributed by atoms with Crippen LogP contribution >= 0.6 is 22.7 Å². The SMILES string of the molecule is O=C(Nc1ccc(C(=O)OCC(=O)N2N=C(c3cccs3)CC2c2ccco2)s1)c1ccco1. The first-order chi connectivity index (χ1) is 16.6. The van der Waals surface area contributed by atoms with Crippen LogP contribution in [-0.2, 0) is 9.53 Å². The van der Waals surface area contributed by atoms with Gasteiger partial charge < -0.3 is 18.9 Å². The molecule has 34 heavy (non-hydrogen) atoms. The van der Waals surface area contributed by atoms with Crippen LogP contribution in [-0.4, -0.2) is 35.1 Å². The molecule has 0 saturated carbocycles. The monoisotopic (exact) mass is 495 g/mol. The van der Waals surface area contributed by atoms with Crippen molar-refractivity contribution in [2.75, 3.05) is 11.9 Å². The quantitative estimate of drug-likeness (QED) is 0.369. The zero-order valence-corrected chi connectivity index (χ0v) is 19.1. The molecule has 0 aromatic carbocycles. The maximum Gasteiger partial charge on any atom is 0.348 e. The third-order valence-electron chi connectivity index (χ3n) is 4.96. The number of thiophene rings is 2. The second-order valence-corrected chi connectivity index (χ2v) is 9.20. The molecule has 1 unspecified atom stereocenters. The molecular formula is C23H17N3O6S2. The highest BCUT2D eigenvalue weighted by Crippen LogP contribution is 2.34. The van der Waals surface area contributed by atoms with E-state index in [1.807, 2.05) is 17.5 Å². The molecule has 1 aliphatic heterocycles. The summed E-state index contributed by atoms with van der Waals surface area (Å²) in [7, 11) is 0. The van der Waals surface area contributed by atoms with Crippen LogP contribution in [0.4, 0.5) is 5.00 Å². The number of nitrogens with one attached hydrogen (secondary N) is 1. The Bertz CT molecular complexity index is 1320. The summed E-state index contributed by atoms with van der Waals surface area (Å²) < 4.78 is 15.8. The molecule has 5 rings (SSSR count). The van der Waals surface area contributed by atoms with E-state index in [2.05, 4.69) is 10.4 Å². The lowest BCUT2D eigenvalue weighted by Gasteiger charge is -2.19. The van der Waals surface area contributed by atoms with E-state index in [1.54, 1.807) is 30.5 Å². The maximum absolute atomic E-state index is 12.9. The van der Waals surface area contributed by atoms with Crippen molar-refractivity contribution < 1.29 is 28.0 Å². The summed E-state index contributed by atoms with van der Waals surface area (Å²) in [6.45, 7) is -0.483. The van der Waals surface area contributed by atoms with Gasteiger partial charge in [-0.25, -0.2) is 9.80 Å². The normalized spacial score (nSPS) is 15.2. The number of hydrogen-bond acceptors (Lipinski definition) is 9. The van der Waals surface area contributed by atoms with Crippen LogP contribution in [0.2, 0.25) is 0 Å². The lowest BCUT2D eigenvalue weighted by Crippen LogP contribution is -2.31. The van der Waals surface area contributed by atoms with Crippen molar-refractivity contribution in [1.29, 1.82) is 0 Å². The molecule has 1 aliphatic rings. The number of furan rings is 2. The van der Waals surface area contributed by atoms with E-state index in [0.717, 1.165) is 21.9 Å². The van der Waals surface area contributed by atoms with E-state index in [1.165, 1.54) is 34.7 Å². The number of hydrazone groups is 1. The average molecular weight is 496 g/mol. The molecule has 172 valence electrons. The molecule has 9 nitrogen and oxygen atoms in total. The summed E-state index contributed by atoms with van der Waals surface area (Å²) in [4.78, 5) is 38.7. The van der Waals surface area contributed by atoms with Crippen molar-refractivity contribution >= 4 is 51.2 Å². The summed E-state index contributed by atoms with van der Waals surface area (Å²) in [6, 6.07) is 13.2. The number of nitrogens with zero attached hydrogens (tertiary/aromatic N) is 2. The van der Waals surface area contributed by atoms with Gasteiger partial charge in [-0.1, -0.05) is 6.07 Å². The van der Waals surface area contributed by atoms with Crippen LogP contribution in [0.25, 0.3) is 0 Å². The minimum absolute atomic E-state index is 0.155. The standard InChI is InChI=1S/C23H17N3O6S2/c27-21(26-15(16-4-1-9-30-16)12-14(25-26)18-6-3-11-33-18)13-32-23(29)19-7-8-20(34-19)24-22(28)17-5-2-10-31-17/h1-11,15H,12-13H2,(H,24,28). The predicted molar refractivity (Wildman–Crippen MR) is 125 cm³/mol. The lowest BCUT2D eigenvalue weighted by atomic mass is 10.1. The number of esters is 1. The highest BCUT2D eigenvalue weighted by atomic mass is 32.1. The van der Waals surface area contributed by atoms with Crippen LogP contribution in [0, 0.1) is 0 Å². The molecule has 0 aliphatic carbocycles. The van der Waals surface area contributed by atoms with Crippen molar-refractivity contribution in [3.63, 3.8) is 0 Å². The Kier molecular flexibility index (Phi) is 6.11. The average Bonchev–Trinajstić information content (AvgIpc) is 3.66. The molecule has 4 aromatic heterocycles. The molecule has 0 radical (unpaired) electrons. The Balaban J connectivity index is 1.23. The zero-order valence-electron chi connectivity index (χ0n) is 17.5. The number of hydrogen-bond donors (Lipinski definition) is 1. The smallest absolute Gasteiger partial charge is 0.348 e. The van der Waals surface area contributed by atoms with Crippen molar-refractivity contribution in [2.45, 2.75) is 12.5 Å². The van der Waals surface area contributed by atoms with Crippen LogP contribution in [0.1, 0.15) is 43.3 Å². The number of rotatable bonds is 7. The second kappa shape index (κ2) is 9.49. The van der Waals surface area contributed by atoms with Crippen molar-refractivity contribution in [1.82, 2.24) is 5.01 Å². The topological polar surface area (TPSA) is 114 Å². The predicted octanol–water partition coefficient (Wildman–Crippen LogP) is 4.78. The highest BCUT2D eigenvalue weighted by molar-refractivity contribution is 7.18. The number of carbonyl (C=O) groups is 3. The summed E-state index contributed by atoms with van der Waals surface area (Å²) in [5.41, 5.74) is 0.770. The fraction of sp³-hybridized carbons (Fsp3) is 0.130. The molecule has 1 N–H and O–H groups in total. The lowest BCUT2D eigenvalue weighted by molar-refractivity contribution is -0.136. The zero-order chi connectivity index (χ0) is 23.5. The minimum Gasteiger partial charge on any atom is -0.467 e. The van der Waals surface area contributed by atoms with E-state index >= 15 is 0 Å². The molecule has 0 spiro atoms. The van der Waals surface area contributed by atoms with Gasteiger partial charge in [-0.2, -0.15) is 5.10 Å². The number of amides is 2. The van der Waals surface area contributed by atoms with Gasteiger partial charge in [0.25, 0.3) is 11.8 Å². The Labute approximate surface area is 201 Å². The first-order valence-corrected chi connectivity index (χ1v) is 11.9. The van der Waals surface area contributed by atoms with E-state index in [9.17, 15) is 14.4 Å². The molecule has 0 fully saturated rings. The van der Waals surface area contributed by atoms with Gasteiger partial charge in [-0.15, -0.1) is 22.7 Å². The highest BCUT2D eigenvalue weighted by Gasteiger charge is 2.35. The summed E-state index contributed by atoms with van der Waals surface area (Å²) in [5.74, 6) is -0.816. The van der Waals surface area contributed by atoms with Gasteiger partial charge in [-0.05, 0) is 47.8 Å². The first-order valence-electron chi connectivity index (χ1n) is 10.2. The van der Waals surface area contributed by atoms with Crippen LogP contribution in [0.15, 0.2) is 80.4 Å². The fourth-order valence-corrected chi connectivity index (χ4v) is 4.91. The molecule has 1 atom stereocenters. The van der Waals surface area contributed by atoms with Crippen molar-refractivity contribution in [2.24, 2.45) is 5.10 Å². The minimum atomic E-state index is -0.673. The van der Waals surface area contributed by atoms with E-state index in [0.29, 0.717) is 17.2 Å². The summed E-state index contributed by atoms with van der Waals surface area (Å²) in [6.07, 6.45) is 3.44. The van der Waals surface area contributed by atoms with Crippen molar-refractivity contribution in [3.05, 3.63) is 87.7 Å². The number of anilines is 1. The van der Waals surface area contributed by atoms with Gasteiger partial charge in [0.05, 0.1) is 28.1 Å². The molecular weight excluding hydrogens is 478 g/mol. The number of carbonyl (C=O) groups excluding carboxylic acids is 3.